The van der Waals surface area contributed by atoms with Crippen LogP contribution in [0.2, 0.25) is 10.0 Å². The third-order valence-electron chi connectivity index (χ3n) is 4.98. The van der Waals surface area contributed by atoms with Crippen LogP contribution in [-0.2, 0) is 17.8 Å². The zero-order chi connectivity index (χ0) is 18.3. The van der Waals surface area contributed by atoms with Gasteiger partial charge in [0.1, 0.15) is 0 Å². The first-order valence-corrected chi connectivity index (χ1v) is 9.15. The minimum Gasteiger partial charge on any atom is -0.331 e. The van der Waals surface area contributed by atoms with Gasteiger partial charge in [-0.1, -0.05) is 47.5 Å². The van der Waals surface area contributed by atoms with Gasteiger partial charge in [-0.2, -0.15) is 5.10 Å². The number of hydrogen-bond acceptors (Lipinski definition) is 2. The molecule has 1 aliphatic rings. The smallest absolute Gasteiger partial charge is 0.227 e. The maximum Gasteiger partial charge on any atom is 0.227 e. The molecule has 1 aromatic heterocycles. The van der Waals surface area contributed by atoms with Gasteiger partial charge >= 0.3 is 0 Å². The summed E-state index contributed by atoms with van der Waals surface area (Å²) in [5.41, 5.74) is 5.15. The Kier molecular flexibility index (Phi) is 4.47. The van der Waals surface area contributed by atoms with Gasteiger partial charge in [-0.3, -0.25) is 9.89 Å². The van der Waals surface area contributed by atoms with Crippen molar-refractivity contribution in [2.45, 2.75) is 25.9 Å². The van der Waals surface area contributed by atoms with Crippen LogP contribution in [0.5, 0.6) is 0 Å². The molecule has 1 N–H and O–H groups in total. The molecule has 1 aliphatic heterocycles. The molecule has 0 unspecified atom stereocenters. The molecule has 2 aromatic carbocycles. The molecular formula is C20H17Cl2N3O. The fourth-order valence-electron chi connectivity index (χ4n) is 3.57. The van der Waals surface area contributed by atoms with Crippen molar-refractivity contribution >= 4 is 29.1 Å². The number of H-pyrrole nitrogens is 1. The maximum atomic E-state index is 13.0. The van der Waals surface area contributed by atoms with E-state index in [4.69, 9.17) is 23.2 Å². The summed E-state index contributed by atoms with van der Waals surface area (Å²) in [5.74, 6) is 0.0156. The second-order valence-corrected chi connectivity index (χ2v) is 7.25. The Hall–Kier alpha value is -2.30. The lowest BCUT2D eigenvalue weighted by molar-refractivity contribution is -0.132. The van der Waals surface area contributed by atoms with E-state index < -0.39 is 0 Å². The number of carbonyl (C=O) groups excluding carboxylic acids is 1. The lowest BCUT2D eigenvalue weighted by atomic mass is 9.97. The molecule has 0 saturated carbocycles. The fourth-order valence-corrected chi connectivity index (χ4v) is 4.11. The van der Waals surface area contributed by atoms with E-state index in [0.29, 0.717) is 22.2 Å². The van der Waals surface area contributed by atoms with Gasteiger partial charge in [0.2, 0.25) is 5.91 Å². The van der Waals surface area contributed by atoms with Gasteiger partial charge < -0.3 is 4.90 Å². The third-order valence-corrected chi connectivity index (χ3v) is 5.69. The molecule has 0 saturated heterocycles. The van der Waals surface area contributed by atoms with E-state index in [1.54, 1.807) is 24.4 Å². The quantitative estimate of drug-likeness (QED) is 0.687. The third kappa shape index (κ3) is 2.89. The van der Waals surface area contributed by atoms with Crippen LogP contribution in [0.3, 0.4) is 0 Å². The molecule has 1 amide bonds. The number of nitrogens with zero attached hydrogens (tertiary/aromatic N) is 2. The van der Waals surface area contributed by atoms with E-state index >= 15 is 0 Å². The molecule has 0 radical (unpaired) electrons. The van der Waals surface area contributed by atoms with Crippen LogP contribution >= 0.6 is 23.2 Å². The van der Waals surface area contributed by atoms with Gasteiger partial charge in [-0.25, -0.2) is 0 Å². The summed E-state index contributed by atoms with van der Waals surface area (Å²) >= 11 is 12.5. The zero-order valence-electron chi connectivity index (χ0n) is 14.2. The van der Waals surface area contributed by atoms with E-state index in [9.17, 15) is 4.79 Å². The van der Waals surface area contributed by atoms with Gasteiger partial charge in [-0.15, -0.1) is 0 Å². The SMILES string of the molecule is C[C@H]1c2cccc(-c3cn[nH]c3)c2CN1C(=O)Cc1c(Cl)cccc1Cl. The number of aromatic amines is 1. The highest BCUT2D eigenvalue weighted by Gasteiger charge is 2.32. The average molecular weight is 386 g/mol. The van der Waals surface area contributed by atoms with Crippen molar-refractivity contribution in [1.29, 1.82) is 0 Å². The number of rotatable bonds is 3. The lowest BCUT2D eigenvalue weighted by Gasteiger charge is -2.22. The van der Waals surface area contributed by atoms with Crippen molar-refractivity contribution in [1.82, 2.24) is 15.1 Å². The van der Waals surface area contributed by atoms with Crippen molar-refractivity contribution in [2.75, 3.05) is 0 Å². The van der Waals surface area contributed by atoms with Crippen LogP contribution < -0.4 is 0 Å². The fraction of sp³-hybridized carbons (Fsp3) is 0.200. The first kappa shape index (κ1) is 17.1. The summed E-state index contributed by atoms with van der Waals surface area (Å²) < 4.78 is 0. The number of benzene rings is 2. The minimum atomic E-state index is 0.00520. The molecule has 2 heterocycles. The van der Waals surface area contributed by atoms with E-state index in [0.717, 1.165) is 11.1 Å². The number of amides is 1. The molecule has 6 heteroatoms. The Morgan fingerprint density at radius 2 is 1.96 bits per heavy atom. The summed E-state index contributed by atoms with van der Waals surface area (Å²) in [7, 11) is 0. The zero-order valence-corrected chi connectivity index (χ0v) is 15.7. The Labute approximate surface area is 161 Å². The van der Waals surface area contributed by atoms with Gasteiger partial charge in [-0.05, 0) is 41.3 Å². The monoisotopic (exact) mass is 385 g/mol. The normalized spacial score (nSPS) is 16.0. The molecule has 4 rings (SSSR count). The van der Waals surface area contributed by atoms with E-state index in [1.807, 2.05) is 17.2 Å². The Morgan fingerprint density at radius 1 is 1.23 bits per heavy atom. The van der Waals surface area contributed by atoms with Gasteiger partial charge in [0.25, 0.3) is 0 Å². The van der Waals surface area contributed by atoms with Crippen LogP contribution in [0.25, 0.3) is 11.1 Å². The summed E-state index contributed by atoms with van der Waals surface area (Å²) in [6, 6.07) is 11.5. The van der Waals surface area contributed by atoms with Crippen LogP contribution in [0.1, 0.15) is 29.7 Å². The van der Waals surface area contributed by atoms with Crippen molar-refractivity contribution in [3.8, 4) is 11.1 Å². The lowest BCUT2D eigenvalue weighted by Crippen LogP contribution is -2.29. The number of aromatic nitrogens is 2. The van der Waals surface area contributed by atoms with Crippen molar-refractivity contribution < 1.29 is 4.79 Å². The summed E-state index contributed by atoms with van der Waals surface area (Å²) in [6.45, 7) is 2.62. The van der Waals surface area contributed by atoms with Crippen LogP contribution in [0, 0.1) is 0 Å². The predicted octanol–water partition coefficient (Wildman–Crippen LogP) is 5.03. The molecule has 1 atom stereocenters. The Bertz CT molecular complexity index is 949. The summed E-state index contributed by atoms with van der Waals surface area (Å²) in [4.78, 5) is 14.9. The first-order valence-electron chi connectivity index (χ1n) is 8.39. The average Bonchev–Trinajstić information content (AvgIpc) is 3.27. The molecule has 4 nitrogen and oxygen atoms in total. The number of hydrogen-bond donors (Lipinski definition) is 1. The highest BCUT2D eigenvalue weighted by Crippen LogP contribution is 2.39. The van der Waals surface area contributed by atoms with Gasteiger partial charge in [0.15, 0.2) is 0 Å². The van der Waals surface area contributed by atoms with E-state index in [-0.39, 0.29) is 18.4 Å². The molecule has 0 spiro atoms. The van der Waals surface area contributed by atoms with Crippen molar-refractivity contribution in [3.63, 3.8) is 0 Å². The maximum absolute atomic E-state index is 13.0. The molecule has 3 aromatic rings. The largest absolute Gasteiger partial charge is 0.331 e. The molecule has 26 heavy (non-hydrogen) atoms. The van der Waals surface area contributed by atoms with E-state index in [1.165, 1.54) is 11.1 Å². The van der Waals surface area contributed by atoms with Gasteiger partial charge in [0.05, 0.1) is 18.7 Å². The van der Waals surface area contributed by atoms with Gasteiger partial charge in [0, 0.05) is 28.4 Å². The molecule has 0 bridgehead atoms. The second kappa shape index (κ2) is 6.78. The number of halogens is 2. The van der Waals surface area contributed by atoms with Crippen molar-refractivity contribution in [2.24, 2.45) is 0 Å². The van der Waals surface area contributed by atoms with Crippen LogP contribution in [0.15, 0.2) is 48.8 Å². The predicted molar refractivity (Wildman–Crippen MR) is 103 cm³/mol. The molecular weight excluding hydrogens is 369 g/mol. The molecule has 0 aliphatic carbocycles. The molecule has 0 fully saturated rings. The number of nitrogens with one attached hydrogen (secondary N) is 1. The minimum absolute atomic E-state index is 0.00520. The van der Waals surface area contributed by atoms with Crippen molar-refractivity contribution in [3.05, 3.63) is 75.5 Å². The summed E-state index contributed by atoms with van der Waals surface area (Å²) in [5, 5.41) is 7.93. The highest BCUT2D eigenvalue weighted by atomic mass is 35.5. The summed E-state index contributed by atoms with van der Waals surface area (Å²) in [6.07, 6.45) is 3.86. The number of fused-ring (bicyclic) bond motifs is 1. The van der Waals surface area contributed by atoms with E-state index in [2.05, 4.69) is 29.3 Å². The molecule has 132 valence electrons. The standard InChI is InChI=1S/C20H17Cl2N3O/c1-12-14-4-2-5-15(13-9-23-24-10-13)17(14)11-25(12)20(26)8-16-18(21)6-3-7-19(16)22/h2-7,9-10,12H,8,11H2,1H3,(H,23,24)/t12-/m0/s1. The Balaban J connectivity index is 1.63. The first-order chi connectivity index (χ1) is 12.6. The van der Waals surface area contributed by atoms with Crippen LogP contribution in [0.4, 0.5) is 0 Å². The Morgan fingerprint density at radius 3 is 2.65 bits per heavy atom. The number of carbonyl (C=O) groups is 1. The highest BCUT2D eigenvalue weighted by molar-refractivity contribution is 6.36. The van der Waals surface area contributed by atoms with Crippen LogP contribution in [-0.4, -0.2) is 21.0 Å². The topological polar surface area (TPSA) is 49.0 Å². The second-order valence-electron chi connectivity index (χ2n) is 6.43.